The van der Waals surface area contributed by atoms with Crippen LogP contribution in [-0.4, -0.2) is 37.1 Å². The van der Waals surface area contributed by atoms with Crippen molar-refractivity contribution in [2.75, 3.05) is 0 Å². The zero-order chi connectivity index (χ0) is 14.3. The van der Waals surface area contributed by atoms with E-state index in [1.807, 2.05) is 0 Å². The first-order valence-corrected chi connectivity index (χ1v) is 6.15. The van der Waals surface area contributed by atoms with Crippen molar-refractivity contribution in [1.82, 2.24) is 15.0 Å². The molecule has 2 heterocycles. The predicted octanol–water partition coefficient (Wildman–Crippen LogP) is 1.65. The smallest absolute Gasteiger partial charge is 0.358 e. The van der Waals surface area contributed by atoms with Crippen LogP contribution in [0.5, 0.6) is 0 Å². The molecule has 2 aromatic rings. The molecule has 0 radical (unpaired) electrons. The van der Waals surface area contributed by atoms with Gasteiger partial charge in [0.05, 0.1) is 11.3 Å². The van der Waals surface area contributed by atoms with Gasteiger partial charge >= 0.3 is 11.9 Å². The van der Waals surface area contributed by atoms with E-state index in [9.17, 15) is 14.7 Å². The number of hydrogen-bond acceptors (Lipinski definition) is 5. The number of carboxylic acids is 2. The molecule has 0 aliphatic carbocycles. The SMILES string of the molecule is Cc1sc(-n2nnc(C(=O)O)c2C)c(C(=O)O)c1C. The Bertz CT molecular complexity index is 686. The molecule has 7 nitrogen and oxygen atoms in total. The highest BCUT2D eigenvalue weighted by Gasteiger charge is 2.24. The minimum Gasteiger partial charge on any atom is -0.478 e. The molecule has 0 unspecified atom stereocenters. The molecule has 100 valence electrons. The van der Waals surface area contributed by atoms with Crippen molar-refractivity contribution in [2.24, 2.45) is 0 Å². The van der Waals surface area contributed by atoms with E-state index < -0.39 is 11.9 Å². The van der Waals surface area contributed by atoms with Crippen LogP contribution in [0.4, 0.5) is 0 Å². The third-order valence-corrected chi connectivity index (χ3v) is 4.05. The van der Waals surface area contributed by atoms with Gasteiger partial charge in [-0.1, -0.05) is 5.21 Å². The van der Waals surface area contributed by atoms with Crippen LogP contribution in [0.2, 0.25) is 0 Å². The second-order valence-electron chi connectivity index (χ2n) is 4.01. The lowest BCUT2D eigenvalue weighted by atomic mass is 10.1. The molecule has 0 amide bonds. The lowest BCUT2D eigenvalue weighted by molar-refractivity contribution is 0.0682. The van der Waals surface area contributed by atoms with Gasteiger partial charge in [0.25, 0.3) is 0 Å². The fraction of sp³-hybridized carbons (Fsp3) is 0.273. The molecule has 0 atom stereocenters. The van der Waals surface area contributed by atoms with Gasteiger partial charge in [0.2, 0.25) is 0 Å². The van der Waals surface area contributed by atoms with Gasteiger partial charge in [0.1, 0.15) is 5.00 Å². The number of thiophene rings is 1. The number of aromatic nitrogens is 3. The zero-order valence-corrected chi connectivity index (χ0v) is 11.3. The molecule has 0 saturated carbocycles. The lowest BCUT2D eigenvalue weighted by Gasteiger charge is -2.02. The Labute approximate surface area is 112 Å². The standard InChI is InChI=1S/C11H11N3O4S/c1-4-6(3)19-9(7(4)10(15)16)14-5(2)8(11(17)18)12-13-14/h1-3H3,(H,15,16)(H,17,18). The van der Waals surface area contributed by atoms with Crippen LogP contribution in [0.1, 0.15) is 37.0 Å². The molecule has 0 aliphatic rings. The Morgan fingerprint density at radius 3 is 2.26 bits per heavy atom. The summed E-state index contributed by atoms with van der Waals surface area (Å²) in [5.41, 5.74) is 0.906. The van der Waals surface area contributed by atoms with Crippen molar-refractivity contribution in [3.8, 4) is 5.00 Å². The van der Waals surface area contributed by atoms with Crippen LogP contribution < -0.4 is 0 Å². The Morgan fingerprint density at radius 1 is 1.16 bits per heavy atom. The van der Waals surface area contributed by atoms with Crippen molar-refractivity contribution in [2.45, 2.75) is 20.8 Å². The minimum atomic E-state index is -1.19. The average molecular weight is 281 g/mol. The quantitative estimate of drug-likeness (QED) is 0.886. The molecule has 0 bridgehead atoms. The molecule has 0 fully saturated rings. The van der Waals surface area contributed by atoms with Gasteiger partial charge in [0, 0.05) is 4.88 Å². The van der Waals surface area contributed by atoms with Crippen LogP contribution in [0.25, 0.3) is 5.00 Å². The highest BCUT2D eigenvalue weighted by Crippen LogP contribution is 2.31. The number of aromatic carboxylic acids is 2. The summed E-state index contributed by atoms with van der Waals surface area (Å²) in [5, 5.41) is 25.9. The summed E-state index contributed by atoms with van der Waals surface area (Å²) in [5.74, 6) is -2.26. The summed E-state index contributed by atoms with van der Waals surface area (Å²) in [6.07, 6.45) is 0. The fourth-order valence-corrected chi connectivity index (χ4v) is 2.88. The number of carboxylic acid groups (broad SMARTS) is 2. The number of nitrogens with zero attached hydrogens (tertiary/aromatic N) is 3. The predicted molar refractivity (Wildman–Crippen MR) is 67.4 cm³/mol. The van der Waals surface area contributed by atoms with E-state index in [2.05, 4.69) is 10.3 Å². The van der Waals surface area contributed by atoms with Crippen molar-refractivity contribution in [3.05, 3.63) is 27.4 Å². The molecular weight excluding hydrogens is 270 g/mol. The largest absolute Gasteiger partial charge is 0.478 e. The summed E-state index contributed by atoms with van der Waals surface area (Å²) < 4.78 is 1.26. The Hall–Kier alpha value is -2.22. The Kier molecular flexibility index (Phi) is 3.11. The summed E-state index contributed by atoms with van der Waals surface area (Å²) in [6, 6.07) is 0. The van der Waals surface area contributed by atoms with E-state index in [4.69, 9.17) is 5.11 Å². The van der Waals surface area contributed by atoms with Crippen LogP contribution in [0, 0.1) is 20.8 Å². The van der Waals surface area contributed by atoms with Gasteiger partial charge in [0.15, 0.2) is 5.69 Å². The van der Waals surface area contributed by atoms with Crippen molar-refractivity contribution >= 4 is 23.3 Å². The van der Waals surface area contributed by atoms with E-state index in [-0.39, 0.29) is 11.3 Å². The summed E-state index contributed by atoms with van der Waals surface area (Å²) in [6.45, 7) is 5.06. The van der Waals surface area contributed by atoms with E-state index in [1.54, 1.807) is 20.8 Å². The van der Waals surface area contributed by atoms with Gasteiger partial charge in [-0.3, -0.25) is 0 Å². The fourth-order valence-electron chi connectivity index (χ4n) is 1.73. The molecule has 0 saturated heterocycles. The second kappa shape index (κ2) is 4.47. The van der Waals surface area contributed by atoms with Gasteiger partial charge in [-0.25, -0.2) is 14.3 Å². The maximum atomic E-state index is 11.3. The van der Waals surface area contributed by atoms with E-state index in [0.717, 1.165) is 4.88 Å². The third kappa shape index (κ3) is 1.99. The topological polar surface area (TPSA) is 105 Å². The number of rotatable bonds is 3. The van der Waals surface area contributed by atoms with E-state index >= 15 is 0 Å². The average Bonchev–Trinajstić information content (AvgIpc) is 2.81. The zero-order valence-electron chi connectivity index (χ0n) is 10.5. The van der Waals surface area contributed by atoms with Crippen molar-refractivity contribution < 1.29 is 19.8 Å². The summed E-state index contributed by atoms with van der Waals surface area (Å²) in [4.78, 5) is 23.1. The van der Waals surface area contributed by atoms with Gasteiger partial charge < -0.3 is 10.2 Å². The first kappa shape index (κ1) is 13.2. The molecule has 19 heavy (non-hydrogen) atoms. The molecule has 0 aromatic carbocycles. The number of hydrogen-bond donors (Lipinski definition) is 2. The minimum absolute atomic E-state index is 0.132. The van der Waals surface area contributed by atoms with Crippen LogP contribution in [0.3, 0.4) is 0 Å². The summed E-state index contributed by atoms with van der Waals surface area (Å²) >= 11 is 1.25. The van der Waals surface area contributed by atoms with Gasteiger partial charge in [-0.05, 0) is 26.3 Å². The summed E-state index contributed by atoms with van der Waals surface area (Å²) in [7, 11) is 0. The highest BCUT2D eigenvalue weighted by molar-refractivity contribution is 7.15. The lowest BCUT2D eigenvalue weighted by Crippen LogP contribution is -2.07. The molecule has 0 spiro atoms. The monoisotopic (exact) mass is 281 g/mol. The van der Waals surface area contributed by atoms with E-state index in [1.165, 1.54) is 16.0 Å². The Morgan fingerprint density at radius 2 is 1.79 bits per heavy atom. The molecule has 8 heteroatoms. The molecule has 0 aliphatic heterocycles. The molecule has 2 aromatic heterocycles. The van der Waals surface area contributed by atoms with Crippen LogP contribution >= 0.6 is 11.3 Å². The molecule has 2 N–H and O–H groups in total. The van der Waals surface area contributed by atoms with E-state index in [0.29, 0.717) is 16.3 Å². The molecule has 2 rings (SSSR count). The van der Waals surface area contributed by atoms with Crippen molar-refractivity contribution in [3.63, 3.8) is 0 Å². The highest BCUT2D eigenvalue weighted by atomic mass is 32.1. The normalized spacial score (nSPS) is 10.7. The second-order valence-corrected chi connectivity index (χ2v) is 5.21. The van der Waals surface area contributed by atoms with Crippen LogP contribution in [-0.2, 0) is 0 Å². The van der Waals surface area contributed by atoms with Gasteiger partial charge in [-0.2, -0.15) is 0 Å². The maximum Gasteiger partial charge on any atom is 0.358 e. The third-order valence-electron chi connectivity index (χ3n) is 2.87. The number of carbonyl (C=O) groups is 2. The number of aryl methyl sites for hydroxylation is 1. The first-order valence-electron chi connectivity index (χ1n) is 5.33. The maximum absolute atomic E-state index is 11.3. The first-order chi connectivity index (χ1) is 8.84. The Balaban J connectivity index is 2.69. The van der Waals surface area contributed by atoms with Gasteiger partial charge in [-0.15, -0.1) is 16.4 Å². The molecular formula is C11H11N3O4S. The van der Waals surface area contributed by atoms with Crippen LogP contribution in [0.15, 0.2) is 0 Å². The van der Waals surface area contributed by atoms with Crippen molar-refractivity contribution in [1.29, 1.82) is 0 Å².